The van der Waals surface area contributed by atoms with Gasteiger partial charge in [0.2, 0.25) is 0 Å². The van der Waals surface area contributed by atoms with Crippen LogP contribution in [0, 0.1) is 0 Å². The molecular weight excluding hydrogens is 194 g/mol. The molecule has 1 aromatic rings. The average molecular weight is 207 g/mol. The maximum atomic E-state index is 10.5. The molecule has 0 bridgehead atoms. The van der Waals surface area contributed by atoms with Crippen molar-refractivity contribution < 1.29 is 15.0 Å². The smallest absolute Gasteiger partial charge is 0.303 e. The lowest BCUT2D eigenvalue weighted by molar-refractivity contribution is -0.137. The van der Waals surface area contributed by atoms with E-state index in [1.54, 1.807) is 12.1 Å². The zero-order chi connectivity index (χ0) is 10.8. The maximum Gasteiger partial charge on any atom is 0.303 e. The fourth-order valence-corrected chi connectivity index (χ4v) is 1.95. The molecular formula is C11H13NO3. The van der Waals surface area contributed by atoms with Crippen LogP contribution in [0.25, 0.3) is 0 Å². The van der Waals surface area contributed by atoms with Crippen molar-refractivity contribution >= 4 is 11.7 Å². The van der Waals surface area contributed by atoms with Crippen molar-refractivity contribution in [1.29, 1.82) is 0 Å². The van der Waals surface area contributed by atoms with Gasteiger partial charge in [0.1, 0.15) is 5.75 Å². The number of phenols is 1. The Hall–Kier alpha value is -1.71. The maximum absolute atomic E-state index is 10.5. The number of carboxylic acids is 1. The normalized spacial score (nSPS) is 18.3. The van der Waals surface area contributed by atoms with Crippen molar-refractivity contribution in [2.75, 3.05) is 11.9 Å². The largest absolute Gasteiger partial charge is 0.508 e. The molecule has 0 amide bonds. The highest BCUT2D eigenvalue weighted by atomic mass is 16.4. The van der Waals surface area contributed by atoms with Gasteiger partial charge in [0.25, 0.3) is 0 Å². The van der Waals surface area contributed by atoms with Gasteiger partial charge < -0.3 is 15.5 Å². The van der Waals surface area contributed by atoms with Crippen molar-refractivity contribution in [3.8, 4) is 5.75 Å². The Balaban J connectivity index is 2.13. The van der Waals surface area contributed by atoms with Crippen LogP contribution in [0.15, 0.2) is 18.2 Å². The lowest BCUT2D eigenvalue weighted by atomic mass is 9.96. The van der Waals surface area contributed by atoms with Crippen molar-refractivity contribution in [1.82, 2.24) is 0 Å². The van der Waals surface area contributed by atoms with Crippen LogP contribution in [-0.2, 0) is 4.79 Å². The standard InChI is InChI=1S/C11H13NO3/c13-8-2-3-10-9(5-8)7(6-12-10)1-4-11(14)15/h2-3,5,7,12-13H,1,4,6H2,(H,14,15). The van der Waals surface area contributed by atoms with E-state index < -0.39 is 5.97 Å². The number of rotatable bonds is 3. The van der Waals surface area contributed by atoms with Gasteiger partial charge in [0, 0.05) is 24.6 Å². The molecule has 15 heavy (non-hydrogen) atoms. The zero-order valence-corrected chi connectivity index (χ0v) is 8.23. The summed E-state index contributed by atoms with van der Waals surface area (Å²) in [4.78, 5) is 10.5. The number of aliphatic carboxylic acids is 1. The molecule has 1 heterocycles. The molecule has 2 rings (SSSR count). The molecule has 1 aliphatic heterocycles. The van der Waals surface area contributed by atoms with E-state index in [1.807, 2.05) is 6.07 Å². The first-order valence-corrected chi connectivity index (χ1v) is 4.95. The number of nitrogens with one attached hydrogen (secondary N) is 1. The van der Waals surface area contributed by atoms with E-state index in [-0.39, 0.29) is 18.1 Å². The number of carbonyl (C=O) groups is 1. The fourth-order valence-electron chi connectivity index (χ4n) is 1.95. The summed E-state index contributed by atoms with van der Waals surface area (Å²) >= 11 is 0. The van der Waals surface area contributed by atoms with E-state index in [1.165, 1.54) is 0 Å². The van der Waals surface area contributed by atoms with Gasteiger partial charge in [-0.25, -0.2) is 0 Å². The van der Waals surface area contributed by atoms with Crippen molar-refractivity contribution in [2.24, 2.45) is 0 Å². The minimum atomic E-state index is -0.774. The quantitative estimate of drug-likeness (QED) is 0.660. The monoisotopic (exact) mass is 207 g/mol. The molecule has 0 aliphatic carbocycles. The molecule has 0 aromatic heterocycles. The lowest BCUT2D eigenvalue weighted by Crippen LogP contribution is -2.05. The highest BCUT2D eigenvalue weighted by Gasteiger charge is 2.22. The van der Waals surface area contributed by atoms with Gasteiger partial charge in [-0.15, -0.1) is 0 Å². The summed E-state index contributed by atoms with van der Waals surface area (Å²) in [6, 6.07) is 5.17. The van der Waals surface area contributed by atoms with Gasteiger partial charge in [-0.3, -0.25) is 4.79 Å². The van der Waals surface area contributed by atoms with Gasteiger partial charge in [0.15, 0.2) is 0 Å². The van der Waals surface area contributed by atoms with Crippen molar-refractivity contribution in [3.63, 3.8) is 0 Å². The third-order valence-corrected chi connectivity index (χ3v) is 2.72. The molecule has 0 saturated carbocycles. The fraction of sp³-hybridized carbons (Fsp3) is 0.364. The lowest BCUT2D eigenvalue weighted by Gasteiger charge is -2.08. The van der Waals surface area contributed by atoms with E-state index >= 15 is 0 Å². The van der Waals surface area contributed by atoms with Gasteiger partial charge in [-0.2, -0.15) is 0 Å². The number of hydrogen-bond acceptors (Lipinski definition) is 3. The molecule has 0 spiro atoms. The van der Waals surface area contributed by atoms with Gasteiger partial charge in [0.05, 0.1) is 0 Å². The predicted octanol–water partition coefficient (Wildman–Crippen LogP) is 1.77. The van der Waals surface area contributed by atoms with Crippen molar-refractivity contribution in [3.05, 3.63) is 23.8 Å². The number of phenolic OH excluding ortho intramolecular Hbond substituents is 1. The summed E-state index contributed by atoms with van der Waals surface area (Å²) in [7, 11) is 0. The van der Waals surface area contributed by atoms with Crippen LogP contribution < -0.4 is 5.32 Å². The van der Waals surface area contributed by atoms with Crippen LogP contribution in [0.1, 0.15) is 24.3 Å². The molecule has 80 valence electrons. The highest BCUT2D eigenvalue weighted by molar-refractivity contribution is 5.67. The predicted molar refractivity (Wildman–Crippen MR) is 56.2 cm³/mol. The highest BCUT2D eigenvalue weighted by Crippen LogP contribution is 2.36. The Bertz CT molecular complexity index is 389. The Morgan fingerprint density at radius 2 is 2.33 bits per heavy atom. The first kappa shape index (κ1) is 9.83. The molecule has 0 radical (unpaired) electrons. The first-order chi connectivity index (χ1) is 7.16. The third-order valence-electron chi connectivity index (χ3n) is 2.72. The van der Waals surface area contributed by atoms with Crippen LogP contribution in [-0.4, -0.2) is 22.7 Å². The minimum absolute atomic E-state index is 0.168. The molecule has 1 atom stereocenters. The molecule has 1 unspecified atom stereocenters. The topological polar surface area (TPSA) is 69.6 Å². The van der Waals surface area contributed by atoms with E-state index in [0.717, 1.165) is 17.8 Å². The third kappa shape index (κ3) is 2.03. The van der Waals surface area contributed by atoms with E-state index in [0.29, 0.717) is 6.42 Å². The molecule has 4 nitrogen and oxygen atoms in total. The number of fused-ring (bicyclic) bond motifs is 1. The van der Waals surface area contributed by atoms with Crippen LogP contribution in [0.3, 0.4) is 0 Å². The number of anilines is 1. The average Bonchev–Trinajstić information content (AvgIpc) is 2.57. The molecule has 1 aliphatic rings. The first-order valence-electron chi connectivity index (χ1n) is 4.95. The van der Waals surface area contributed by atoms with Gasteiger partial charge >= 0.3 is 5.97 Å². The molecule has 3 N–H and O–H groups in total. The van der Waals surface area contributed by atoms with Crippen LogP contribution >= 0.6 is 0 Å². The van der Waals surface area contributed by atoms with Crippen LogP contribution in [0.5, 0.6) is 5.75 Å². The second-order valence-electron chi connectivity index (χ2n) is 3.78. The number of carboxylic acid groups (broad SMARTS) is 1. The zero-order valence-electron chi connectivity index (χ0n) is 8.23. The second-order valence-corrected chi connectivity index (χ2v) is 3.78. The number of hydrogen-bond donors (Lipinski definition) is 3. The van der Waals surface area contributed by atoms with Gasteiger partial charge in [-0.1, -0.05) is 0 Å². The Morgan fingerprint density at radius 3 is 3.07 bits per heavy atom. The number of aromatic hydroxyl groups is 1. The molecule has 1 aromatic carbocycles. The van der Waals surface area contributed by atoms with Gasteiger partial charge in [-0.05, 0) is 30.2 Å². The minimum Gasteiger partial charge on any atom is -0.508 e. The summed E-state index contributed by atoms with van der Waals surface area (Å²) in [5, 5.41) is 21.2. The number of benzene rings is 1. The summed E-state index contributed by atoms with van der Waals surface area (Å²) < 4.78 is 0. The summed E-state index contributed by atoms with van der Waals surface area (Å²) in [5.74, 6) is -0.343. The summed E-state index contributed by atoms with van der Waals surface area (Å²) in [5.41, 5.74) is 2.03. The Morgan fingerprint density at radius 1 is 1.53 bits per heavy atom. The SMILES string of the molecule is O=C(O)CCC1CNc2ccc(O)cc21. The Kier molecular flexibility index (Phi) is 2.49. The van der Waals surface area contributed by atoms with Crippen molar-refractivity contribution in [2.45, 2.75) is 18.8 Å². The summed E-state index contributed by atoms with van der Waals surface area (Å²) in [6.07, 6.45) is 0.778. The molecule has 4 heteroatoms. The Labute approximate surface area is 87.6 Å². The summed E-state index contributed by atoms with van der Waals surface area (Å²) in [6.45, 7) is 0.756. The van der Waals surface area contributed by atoms with Crippen LogP contribution in [0.4, 0.5) is 5.69 Å². The second kappa shape index (κ2) is 3.81. The molecule has 0 fully saturated rings. The molecule has 0 saturated heterocycles. The van der Waals surface area contributed by atoms with E-state index in [9.17, 15) is 9.90 Å². The van der Waals surface area contributed by atoms with E-state index in [2.05, 4.69) is 5.32 Å². The van der Waals surface area contributed by atoms with E-state index in [4.69, 9.17) is 5.11 Å². The van der Waals surface area contributed by atoms with Crippen LogP contribution in [0.2, 0.25) is 0 Å².